The molecule has 4 heteroatoms. The summed E-state index contributed by atoms with van der Waals surface area (Å²) in [6, 6.07) is 0. The van der Waals surface area contributed by atoms with Gasteiger partial charge in [-0.05, 0) is 0 Å². The van der Waals surface area contributed by atoms with E-state index in [0.717, 1.165) is 6.29 Å². The predicted molar refractivity (Wildman–Crippen MR) is 35.8 cm³/mol. The standard InChI is InChI=1S/C6H4O3S/c7-1-4-2-10-6-5(4)8-3-9-6/h1-2H,3H2. The monoisotopic (exact) mass is 156 g/mol. The number of carbonyl (C=O) groups excluding carboxylic acids is 1. The van der Waals surface area contributed by atoms with E-state index in [9.17, 15) is 4.79 Å². The normalized spacial score (nSPS) is 13.6. The van der Waals surface area contributed by atoms with E-state index < -0.39 is 0 Å². The third kappa shape index (κ3) is 0.623. The molecule has 0 aliphatic carbocycles. The Morgan fingerprint density at radius 1 is 1.60 bits per heavy atom. The van der Waals surface area contributed by atoms with Crippen LogP contribution in [0.1, 0.15) is 10.4 Å². The summed E-state index contributed by atoms with van der Waals surface area (Å²) in [5, 5.41) is 2.43. The van der Waals surface area contributed by atoms with Crippen LogP contribution in [0, 0.1) is 0 Å². The van der Waals surface area contributed by atoms with Gasteiger partial charge in [0.25, 0.3) is 0 Å². The van der Waals surface area contributed by atoms with Gasteiger partial charge in [0.1, 0.15) is 0 Å². The van der Waals surface area contributed by atoms with E-state index in [1.54, 1.807) is 5.38 Å². The summed E-state index contributed by atoms with van der Waals surface area (Å²) in [6.07, 6.45) is 0.768. The van der Waals surface area contributed by atoms with Gasteiger partial charge in [-0.1, -0.05) is 0 Å². The van der Waals surface area contributed by atoms with Crippen molar-refractivity contribution in [2.45, 2.75) is 0 Å². The molecule has 1 aromatic heterocycles. The van der Waals surface area contributed by atoms with Gasteiger partial charge in [-0.25, -0.2) is 0 Å². The number of fused-ring (bicyclic) bond motifs is 1. The highest BCUT2D eigenvalue weighted by molar-refractivity contribution is 7.12. The van der Waals surface area contributed by atoms with Crippen molar-refractivity contribution < 1.29 is 14.3 Å². The van der Waals surface area contributed by atoms with Crippen molar-refractivity contribution in [3.8, 4) is 10.8 Å². The van der Waals surface area contributed by atoms with Crippen LogP contribution >= 0.6 is 11.3 Å². The zero-order valence-electron chi connectivity index (χ0n) is 4.99. The van der Waals surface area contributed by atoms with Crippen LogP contribution in [0.2, 0.25) is 0 Å². The predicted octanol–water partition coefficient (Wildman–Crippen LogP) is 1.29. The van der Waals surface area contributed by atoms with Gasteiger partial charge in [0.05, 0.1) is 5.56 Å². The molecule has 2 heterocycles. The molecule has 0 atom stereocenters. The van der Waals surface area contributed by atoms with Crippen LogP contribution in [-0.4, -0.2) is 13.1 Å². The van der Waals surface area contributed by atoms with Crippen molar-refractivity contribution in [1.29, 1.82) is 0 Å². The Morgan fingerprint density at radius 3 is 3.30 bits per heavy atom. The number of ether oxygens (including phenoxy) is 2. The summed E-state index contributed by atoms with van der Waals surface area (Å²) in [5.41, 5.74) is 0.581. The Morgan fingerprint density at radius 2 is 2.50 bits per heavy atom. The Balaban J connectivity index is 2.53. The van der Waals surface area contributed by atoms with Gasteiger partial charge in [0.2, 0.25) is 11.9 Å². The second-order valence-corrected chi connectivity index (χ2v) is 2.67. The Kier molecular flexibility index (Phi) is 1.14. The Labute approximate surface area is 61.2 Å². The highest BCUT2D eigenvalue weighted by Gasteiger charge is 2.19. The highest BCUT2D eigenvalue weighted by atomic mass is 32.1. The highest BCUT2D eigenvalue weighted by Crippen LogP contribution is 2.40. The lowest BCUT2D eigenvalue weighted by Crippen LogP contribution is -1.94. The fourth-order valence-corrected chi connectivity index (χ4v) is 1.60. The summed E-state index contributed by atoms with van der Waals surface area (Å²) in [4.78, 5) is 10.3. The number of thiophene rings is 1. The number of aldehydes is 1. The van der Waals surface area contributed by atoms with Gasteiger partial charge in [-0.3, -0.25) is 4.79 Å². The van der Waals surface area contributed by atoms with Gasteiger partial charge in [-0.15, -0.1) is 11.3 Å². The molecule has 0 saturated carbocycles. The summed E-state index contributed by atoms with van der Waals surface area (Å²) in [6.45, 7) is 0.239. The number of hydrogen-bond acceptors (Lipinski definition) is 4. The van der Waals surface area contributed by atoms with Crippen molar-refractivity contribution in [2.75, 3.05) is 6.79 Å². The molecule has 0 bridgehead atoms. The van der Waals surface area contributed by atoms with Crippen LogP contribution in [0.4, 0.5) is 0 Å². The van der Waals surface area contributed by atoms with Crippen LogP contribution in [0.15, 0.2) is 5.38 Å². The minimum Gasteiger partial charge on any atom is -0.452 e. The molecule has 0 aromatic carbocycles. The van der Waals surface area contributed by atoms with Crippen molar-refractivity contribution in [3.63, 3.8) is 0 Å². The summed E-state index contributed by atoms with van der Waals surface area (Å²) in [5.74, 6) is 0.597. The van der Waals surface area contributed by atoms with E-state index in [-0.39, 0.29) is 6.79 Å². The molecule has 0 unspecified atom stereocenters. The molecule has 2 rings (SSSR count). The Bertz CT molecular complexity index is 266. The van der Waals surface area contributed by atoms with E-state index in [1.165, 1.54) is 11.3 Å². The first-order valence-corrected chi connectivity index (χ1v) is 3.62. The number of hydrogen-bond donors (Lipinski definition) is 0. The van der Waals surface area contributed by atoms with E-state index in [2.05, 4.69) is 0 Å². The van der Waals surface area contributed by atoms with Crippen LogP contribution < -0.4 is 9.47 Å². The molecular weight excluding hydrogens is 152 g/mol. The van der Waals surface area contributed by atoms with Crippen LogP contribution in [0.25, 0.3) is 0 Å². The third-order valence-corrected chi connectivity index (χ3v) is 2.15. The van der Waals surface area contributed by atoms with Crippen molar-refractivity contribution >= 4 is 17.6 Å². The van der Waals surface area contributed by atoms with E-state index in [1.807, 2.05) is 0 Å². The summed E-state index contributed by atoms with van der Waals surface area (Å²) >= 11 is 1.38. The minimum absolute atomic E-state index is 0.239. The van der Waals surface area contributed by atoms with Crippen molar-refractivity contribution in [2.24, 2.45) is 0 Å². The molecule has 0 radical (unpaired) electrons. The zero-order valence-corrected chi connectivity index (χ0v) is 5.81. The van der Waals surface area contributed by atoms with E-state index in [4.69, 9.17) is 9.47 Å². The smallest absolute Gasteiger partial charge is 0.232 e. The molecule has 0 spiro atoms. The lowest BCUT2D eigenvalue weighted by molar-refractivity contribution is 0.111. The van der Waals surface area contributed by atoms with E-state index in [0.29, 0.717) is 16.4 Å². The number of rotatable bonds is 1. The quantitative estimate of drug-likeness (QED) is 0.575. The van der Waals surface area contributed by atoms with E-state index >= 15 is 0 Å². The maximum Gasteiger partial charge on any atom is 0.232 e. The first-order chi connectivity index (χ1) is 4.92. The van der Waals surface area contributed by atoms with Gasteiger partial charge < -0.3 is 9.47 Å². The average Bonchev–Trinajstić information content (AvgIpc) is 2.44. The minimum atomic E-state index is 0.239. The van der Waals surface area contributed by atoms with Crippen molar-refractivity contribution in [1.82, 2.24) is 0 Å². The molecule has 52 valence electrons. The maximum atomic E-state index is 10.3. The first kappa shape index (κ1) is 5.73. The summed E-state index contributed by atoms with van der Waals surface area (Å²) < 4.78 is 10.0. The molecule has 0 fully saturated rings. The maximum absolute atomic E-state index is 10.3. The molecular formula is C6H4O3S. The largest absolute Gasteiger partial charge is 0.452 e. The summed E-state index contributed by atoms with van der Waals surface area (Å²) in [7, 11) is 0. The molecule has 3 nitrogen and oxygen atoms in total. The van der Waals surface area contributed by atoms with Crippen molar-refractivity contribution in [3.05, 3.63) is 10.9 Å². The molecule has 0 N–H and O–H groups in total. The second-order valence-electron chi connectivity index (χ2n) is 1.83. The molecule has 1 aromatic rings. The van der Waals surface area contributed by atoms with Gasteiger partial charge >= 0.3 is 0 Å². The second kappa shape index (κ2) is 1.98. The zero-order chi connectivity index (χ0) is 6.97. The molecule has 1 aliphatic rings. The van der Waals surface area contributed by atoms with Crippen LogP contribution in [0.3, 0.4) is 0 Å². The average molecular weight is 156 g/mol. The Hall–Kier alpha value is -1.03. The topological polar surface area (TPSA) is 35.5 Å². The lowest BCUT2D eigenvalue weighted by atomic mass is 10.3. The molecule has 10 heavy (non-hydrogen) atoms. The lowest BCUT2D eigenvalue weighted by Gasteiger charge is -1.89. The molecule has 0 amide bonds. The molecule has 1 aliphatic heterocycles. The van der Waals surface area contributed by atoms with Gasteiger partial charge in [-0.2, -0.15) is 0 Å². The van der Waals surface area contributed by atoms with Gasteiger partial charge in [0, 0.05) is 5.38 Å². The fraction of sp³-hybridized carbons (Fsp3) is 0.167. The van der Waals surface area contributed by atoms with Gasteiger partial charge in [0.15, 0.2) is 12.0 Å². The first-order valence-electron chi connectivity index (χ1n) is 2.74. The number of carbonyl (C=O) groups is 1. The van der Waals surface area contributed by atoms with Crippen LogP contribution in [-0.2, 0) is 0 Å². The van der Waals surface area contributed by atoms with Crippen LogP contribution in [0.5, 0.6) is 10.8 Å². The fourth-order valence-electron chi connectivity index (χ4n) is 0.807. The molecule has 0 saturated heterocycles. The third-order valence-electron chi connectivity index (χ3n) is 1.26. The SMILES string of the molecule is O=Cc1csc2c1OCO2.